The van der Waals surface area contributed by atoms with Gasteiger partial charge in [-0.2, -0.15) is 0 Å². The summed E-state index contributed by atoms with van der Waals surface area (Å²) in [6, 6.07) is 0. The monoisotopic (exact) mass is 385 g/mol. The van der Waals surface area contributed by atoms with Crippen LogP contribution in [-0.4, -0.2) is 50.3 Å². The van der Waals surface area contributed by atoms with Crippen molar-refractivity contribution in [1.29, 1.82) is 0 Å². The smallest absolute Gasteiger partial charge is 0.222 e. The van der Waals surface area contributed by atoms with E-state index in [0.29, 0.717) is 13.0 Å². The van der Waals surface area contributed by atoms with E-state index >= 15 is 0 Å². The largest absolute Gasteiger partial charge is 0.336 e. The molecular formula is C20H27N5OS. The molecule has 0 radical (unpaired) electrons. The number of carbonyl (C=O) groups excluding carboxylic acids is 1. The summed E-state index contributed by atoms with van der Waals surface area (Å²) in [5.74, 6) is 0.246. The van der Waals surface area contributed by atoms with Crippen LogP contribution >= 0.6 is 11.3 Å². The Kier molecular flexibility index (Phi) is 5.23. The quantitative estimate of drug-likeness (QED) is 0.810. The van der Waals surface area contributed by atoms with Gasteiger partial charge in [0.1, 0.15) is 0 Å². The standard InChI is InChI=1S/C20H27N5OS/c1-15-8-22-17(9-21-15)11-25-14-20(6-4-19(25)26)5-3-7-24(13-20)10-18-12-27-16(2)23-18/h8-9,12H,3-7,10-11,13-14H2,1-2H3. The van der Waals surface area contributed by atoms with Crippen LogP contribution in [0.5, 0.6) is 0 Å². The van der Waals surface area contributed by atoms with Crippen molar-refractivity contribution >= 4 is 17.2 Å². The fourth-order valence-corrected chi connectivity index (χ4v) is 5.03. The molecule has 2 aromatic heterocycles. The van der Waals surface area contributed by atoms with Gasteiger partial charge in [-0.1, -0.05) is 0 Å². The van der Waals surface area contributed by atoms with Gasteiger partial charge in [0, 0.05) is 43.0 Å². The number of likely N-dealkylation sites (tertiary alicyclic amines) is 2. The van der Waals surface area contributed by atoms with E-state index in [1.165, 1.54) is 18.5 Å². The predicted molar refractivity (Wildman–Crippen MR) is 105 cm³/mol. The number of rotatable bonds is 4. The van der Waals surface area contributed by atoms with Crippen LogP contribution in [0.15, 0.2) is 17.8 Å². The molecule has 2 aromatic rings. The molecule has 0 aromatic carbocycles. The number of aromatic nitrogens is 3. The van der Waals surface area contributed by atoms with Crippen LogP contribution in [0.1, 0.15) is 47.8 Å². The third-order valence-corrected chi connectivity index (χ3v) is 6.55. The Balaban J connectivity index is 1.43. The van der Waals surface area contributed by atoms with Gasteiger partial charge in [0.05, 0.1) is 34.8 Å². The van der Waals surface area contributed by atoms with Crippen molar-refractivity contribution in [2.24, 2.45) is 5.41 Å². The molecule has 2 aliphatic rings. The molecule has 2 aliphatic heterocycles. The lowest BCUT2D eigenvalue weighted by Crippen LogP contribution is -2.53. The molecular weight excluding hydrogens is 358 g/mol. The minimum Gasteiger partial charge on any atom is -0.336 e. The molecule has 0 N–H and O–H groups in total. The average molecular weight is 386 g/mol. The van der Waals surface area contributed by atoms with Crippen LogP contribution in [0.4, 0.5) is 0 Å². The molecule has 4 heterocycles. The zero-order valence-corrected chi connectivity index (χ0v) is 17.0. The van der Waals surface area contributed by atoms with Crippen LogP contribution in [-0.2, 0) is 17.9 Å². The van der Waals surface area contributed by atoms with Crippen molar-refractivity contribution < 1.29 is 4.79 Å². The maximum atomic E-state index is 12.5. The number of amides is 1. The van der Waals surface area contributed by atoms with E-state index < -0.39 is 0 Å². The molecule has 0 aliphatic carbocycles. The number of thiazole rings is 1. The van der Waals surface area contributed by atoms with Crippen molar-refractivity contribution in [1.82, 2.24) is 24.8 Å². The molecule has 4 rings (SSSR count). The number of hydrogen-bond donors (Lipinski definition) is 0. The Morgan fingerprint density at radius 3 is 2.74 bits per heavy atom. The zero-order valence-electron chi connectivity index (χ0n) is 16.1. The van der Waals surface area contributed by atoms with E-state index in [2.05, 4.69) is 32.2 Å². The Morgan fingerprint density at radius 1 is 1.11 bits per heavy atom. The summed E-state index contributed by atoms with van der Waals surface area (Å²) in [4.78, 5) is 30.4. The Morgan fingerprint density at radius 2 is 2.00 bits per heavy atom. The molecule has 2 fully saturated rings. The topological polar surface area (TPSA) is 62.2 Å². The second kappa shape index (κ2) is 7.64. The summed E-state index contributed by atoms with van der Waals surface area (Å²) >= 11 is 1.72. The number of aryl methyl sites for hydroxylation is 2. The SMILES string of the molecule is Cc1cnc(CN2CC3(CCCN(Cc4csc(C)n4)C3)CCC2=O)cn1. The van der Waals surface area contributed by atoms with Gasteiger partial charge >= 0.3 is 0 Å². The van der Waals surface area contributed by atoms with E-state index in [0.717, 1.165) is 49.0 Å². The van der Waals surface area contributed by atoms with Crippen molar-refractivity contribution in [2.45, 2.75) is 52.6 Å². The molecule has 7 heteroatoms. The Bertz CT molecular complexity index is 805. The molecule has 27 heavy (non-hydrogen) atoms. The minimum atomic E-state index is 0.204. The van der Waals surface area contributed by atoms with Crippen molar-refractivity contribution in [3.63, 3.8) is 0 Å². The average Bonchev–Trinajstić information content (AvgIpc) is 3.05. The lowest BCUT2D eigenvalue weighted by molar-refractivity contribution is -0.140. The number of carbonyl (C=O) groups is 1. The van der Waals surface area contributed by atoms with Crippen LogP contribution < -0.4 is 0 Å². The summed E-state index contributed by atoms with van der Waals surface area (Å²) in [6.45, 7) is 8.47. The minimum absolute atomic E-state index is 0.204. The highest BCUT2D eigenvalue weighted by Crippen LogP contribution is 2.39. The highest BCUT2D eigenvalue weighted by Gasteiger charge is 2.41. The number of nitrogens with zero attached hydrogens (tertiary/aromatic N) is 5. The zero-order chi connectivity index (χ0) is 18.9. The third kappa shape index (κ3) is 4.35. The summed E-state index contributed by atoms with van der Waals surface area (Å²) in [5, 5.41) is 3.30. The van der Waals surface area contributed by atoms with Crippen LogP contribution in [0.25, 0.3) is 0 Å². The van der Waals surface area contributed by atoms with Gasteiger partial charge < -0.3 is 4.90 Å². The highest BCUT2D eigenvalue weighted by molar-refractivity contribution is 7.09. The number of piperidine rings is 2. The van der Waals surface area contributed by atoms with Gasteiger partial charge in [0.2, 0.25) is 5.91 Å². The summed E-state index contributed by atoms with van der Waals surface area (Å²) in [7, 11) is 0. The van der Waals surface area contributed by atoms with Gasteiger partial charge in [-0.25, -0.2) is 4.98 Å². The molecule has 0 saturated carbocycles. The molecule has 1 atom stereocenters. The summed E-state index contributed by atoms with van der Waals surface area (Å²) in [6.07, 6.45) is 7.59. The van der Waals surface area contributed by atoms with E-state index in [1.54, 1.807) is 23.7 Å². The van der Waals surface area contributed by atoms with Gasteiger partial charge in [0.25, 0.3) is 0 Å². The molecule has 144 valence electrons. The first-order valence-corrected chi connectivity index (χ1v) is 10.6. The lowest BCUT2D eigenvalue weighted by atomic mass is 9.73. The maximum absolute atomic E-state index is 12.5. The normalized spacial score (nSPS) is 23.9. The third-order valence-electron chi connectivity index (χ3n) is 5.73. The molecule has 0 bridgehead atoms. The Hall–Kier alpha value is -1.86. The van der Waals surface area contributed by atoms with E-state index in [1.807, 2.05) is 11.8 Å². The summed E-state index contributed by atoms with van der Waals surface area (Å²) < 4.78 is 0. The van der Waals surface area contributed by atoms with Crippen LogP contribution in [0.2, 0.25) is 0 Å². The second-order valence-electron chi connectivity index (χ2n) is 8.07. The second-order valence-corrected chi connectivity index (χ2v) is 9.13. The van der Waals surface area contributed by atoms with Crippen molar-refractivity contribution in [3.8, 4) is 0 Å². The fourth-order valence-electron chi connectivity index (χ4n) is 4.43. The highest BCUT2D eigenvalue weighted by atomic mass is 32.1. The van der Waals surface area contributed by atoms with Crippen molar-refractivity contribution in [2.75, 3.05) is 19.6 Å². The van der Waals surface area contributed by atoms with Crippen LogP contribution in [0.3, 0.4) is 0 Å². The van der Waals surface area contributed by atoms with E-state index in [4.69, 9.17) is 0 Å². The molecule has 1 amide bonds. The predicted octanol–water partition coefficient (Wildman–Crippen LogP) is 2.95. The summed E-state index contributed by atoms with van der Waals surface area (Å²) in [5.41, 5.74) is 3.15. The fraction of sp³-hybridized carbons (Fsp3) is 0.600. The maximum Gasteiger partial charge on any atom is 0.222 e. The van der Waals surface area contributed by atoms with Crippen molar-refractivity contribution in [3.05, 3.63) is 39.9 Å². The van der Waals surface area contributed by atoms with Gasteiger partial charge in [0.15, 0.2) is 0 Å². The molecule has 1 unspecified atom stereocenters. The van der Waals surface area contributed by atoms with Crippen LogP contribution in [0, 0.1) is 19.3 Å². The molecule has 6 nitrogen and oxygen atoms in total. The van der Waals surface area contributed by atoms with Gasteiger partial charge in [-0.05, 0) is 39.7 Å². The van der Waals surface area contributed by atoms with E-state index in [-0.39, 0.29) is 11.3 Å². The molecule has 2 saturated heterocycles. The first-order chi connectivity index (χ1) is 13.0. The molecule has 1 spiro atoms. The Labute approximate surface area is 164 Å². The first-order valence-electron chi connectivity index (χ1n) is 9.70. The van der Waals surface area contributed by atoms with Gasteiger partial charge in [-0.15, -0.1) is 11.3 Å². The lowest BCUT2D eigenvalue weighted by Gasteiger charge is -2.48. The first kappa shape index (κ1) is 18.5. The van der Waals surface area contributed by atoms with E-state index in [9.17, 15) is 4.79 Å². The van der Waals surface area contributed by atoms with Gasteiger partial charge in [-0.3, -0.25) is 19.7 Å². The number of hydrogen-bond acceptors (Lipinski definition) is 6.